The predicted octanol–water partition coefficient (Wildman–Crippen LogP) is 2.19. The van der Waals surface area contributed by atoms with Gasteiger partial charge >= 0.3 is 0 Å². The highest BCUT2D eigenvalue weighted by Crippen LogP contribution is 2.27. The van der Waals surface area contributed by atoms with E-state index in [0.717, 1.165) is 22.3 Å². The highest BCUT2D eigenvalue weighted by atomic mass is 16.6. The van der Waals surface area contributed by atoms with Crippen LogP contribution in [0.15, 0.2) is 0 Å². The maximum absolute atomic E-state index is 10.6. The lowest BCUT2D eigenvalue weighted by Gasteiger charge is -2.17. The lowest BCUT2D eigenvalue weighted by atomic mass is 9.89. The second-order valence-electron chi connectivity index (χ2n) is 4.11. The standard InChI is InChI=1S/C12H17NO3/c1-7-8(2)10(4)12(6-14)11(9(7)3)5-13(15)16/h14H,5-6H2,1-4H3. The highest BCUT2D eigenvalue weighted by molar-refractivity contribution is 5.49. The fraction of sp³-hybridized carbons (Fsp3) is 0.500. The number of rotatable bonds is 3. The van der Waals surface area contributed by atoms with Crippen LogP contribution in [0.5, 0.6) is 0 Å². The third kappa shape index (κ3) is 2.07. The molecular weight excluding hydrogens is 206 g/mol. The summed E-state index contributed by atoms with van der Waals surface area (Å²) >= 11 is 0. The monoisotopic (exact) mass is 223 g/mol. The molecular formula is C12H17NO3. The number of benzene rings is 1. The minimum absolute atomic E-state index is 0.142. The first-order chi connectivity index (χ1) is 7.40. The van der Waals surface area contributed by atoms with Gasteiger partial charge in [0.25, 0.3) is 0 Å². The average molecular weight is 223 g/mol. The van der Waals surface area contributed by atoms with Gasteiger partial charge in [0.05, 0.1) is 6.61 Å². The van der Waals surface area contributed by atoms with Gasteiger partial charge in [0.1, 0.15) is 0 Å². The second-order valence-corrected chi connectivity index (χ2v) is 4.11. The molecule has 0 aromatic heterocycles. The van der Waals surface area contributed by atoms with Crippen molar-refractivity contribution in [2.45, 2.75) is 40.8 Å². The number of aliphatic hydroxyl groups excluding tert-OH is 1. The average Bonchev–Trinajstić information content (AvgIpc) is 2.23. The summed E-state index contributed by atoms with van der Waals surface area (Å²) in [6.45, 7) is 7.35. The summed E-state index contributed by atoms with van der Waals surface area (Å²) in [7, 11) is 0. The van der Waals surface area contributed by atoms with E-state index < -0.39 is 0 Å². The molecule has 4 heteroatoms. The zero-order valence-electron chi connectivity index (χ0n) is 10.1. The molecule has 1 aromatic carbocycles. The summed E-state index contributed by atoms with van der Waals surface area (Å²) < 4.78 is 0. The number of nitro groups is 1. The first kappa shape index (κ1) is 12.6. The van der Waals surface area contributed by atoms with Crippen LogP contribution in [0.2, 0.25) is 0 Å². The fourth-order valence-electron chi connectivity index (χ4n) is 2.02. The van der Waals surface area contributed by atoms with E-state index >= 15 is 0 Å². The van der Waals surface area contributed by atoms with Crippen molar-refractivity contribution in [3.63, 3.8) is 0 Å². The lowest BCUT2D eigenvalue weighted by molar-refractivity contribution is -0.497. The van der Waals surface area contributed by atoms with Crippen LogP contribution in [0.1, 0.15) is 33.4 Å². The van der Waals surface area contributed by atoms with Gasteiger partial charge < -0.3 is 5.11 Å². The highest BCUT2D eigenvalue weighted by Gasteiger charge is 2.17. The Kier molecular flexibility index (Phi) is 3.65. The molecule has 16 heavy (non-hydrogen) atoms. The van der Waals surface area contributed by atoms with Crippen molar-refractivity contribution >= 4 is 0 Å². The van der Waals surface area contributed by atoms with Crippen molar-refractivity contribution in [2.75, 3.05) is 0 Å². The fourth-order valence-corrected chi connectivity index (χ4v) is 2.02. The van der Waals surface area contributed by atoms with Crippen molar-refractivity contribution in [1.82, 2.24) is 0 Å². The number of hydrogen-bond acceptors (Lipinski definition) is 3. The maximum atomic E-state index is 10.6. The minimum atomic E-state index is -0.351. The summed E-state index contributed by atoms with van der Waals surface area (Å²) in [6.07, 6.45) is 0. The molecule has 0 heterocycles. The van der Waals surface area contributed by atoms with Crippen LogP contribution in [0.3, 0.4) is 0 Å². The van der Waals surface area contributed by atoms with Gasteiger partial charge in [-0.2, -0.15) is 0 Å². The van der Waals surface area contributed by atoms with E-state index in [9.17, 15) is 15.2 Å². The third-order valence-corrected chi connectivity index (χ3v) is 3.40. The van der Waals surface area contributed by atoms with Crippen molar-refractivity contribution in [1.29, 1.82) is 0 Å². The molecule has 0 unspecified atom stereocenters. The van der Waals surface area contributed by atoms with E-state index in [0.29, 0.717) is 11.1 Å². The van der Waals surface area contributed by atoms with Crippen LogP contribution < -0.4 is 0 Å². The first-order valence-corrected chi connectivity index (χ1v) is 5.20. The second kappa shape index (κ2) is 4.61. The summed E-state index contributed by atoms with van der Waals surface area (Å²) in [6, 6.07) is 0. The Balaban J connectivity index is 3.50. The summed E-state index contributed by atoms with van der Waals surface area (Å²) in [5.41, 5.74) is 5.43. The third-order valence-electron chi connectivity index (χ3n) is 3.40. The van der Waals surface area contributed by atoms with Gasteiger partial charge in [0.2, 0.25) is 6.54 Å². The largest absolute Gasteiger partial charge is 0.392 e. The van der Waals surface area contributed by atoms with Crippen molar-refractivity contribution in [3.05, 3.63) is 43.5 Å². The van der Waals surface area contributed by atoms with Crippen molar-refractivity contribution < 1.29 is 10.0 Å². The van der Waals surface area contributed by atoms with Gasteiger partial charge in [-0.1, -0.05) is 0 Å². The van der Waals surface area contributed by atoms with Crippen LogP contribution in [0.25, 0.3) is 0 Å². The molecule has 4 nitrogen and oxygen atoms in total. The molecule has 1 rings (SSSR count). The predicted molar refractivity (Wildman–Crippen MR) is 62.0 cm³/mol. The van der Waals surface area contributed by atoms with Crippen molar-refractivity contribution in [2.24, 2.45) is 0 Å². The van der Waals surface area contributed by atoms with E-state index in [4.69, 9.17) is 0 Å². The van der Waals surface area contributed by atoms with E-state index in [1.807, 2.05) is 27.7 Å². The molecule has 0 fully saturated rings. The Labute approximate surface area is 95.1 Å². The summed E-state index contributed by atoms with van der Waals surface area (Å²) in [5.74, 6) is 0. The molecule has 0 aliphatic rings. The first-order valence-electron chi connectivity index (χ1n) is 5.20. The quantitative estimate of drug-likeness (QED) is 0.631. The summed E-state index contributed by atoms with van der Waals surface area (Å²) in [5, 5.41) is 19.9. The Morgan fingerprint density at radius 1 is 1.00 bits per heavy atom. The zero-order valence-corrected chi connectivity index (χ0v) is 10.1. The normalized spacial score (nSPS) is 10.6. The molecule has 0 bridgehead atoms. The Morgan fingerprint density at radius 2 is 1.44 bits per heavy atom. The van der Waals surface area contributed by atoms with Crippen LogP contribution in [0, 0.1) is 37.8 Å². The molecule has 0 atom stereocenters. The SMILES string of the molecule is Cc1c(C)c(C)c(C[N+](=O)[O-])c(CO)c1C. The molecule has 1 N–H and O–H groups in total. The number of nitrogens with zero attached hydrogens (tertiary/aromatic N) is 1. The maximum Gasteiger partial charge on any atom is 0.229 e. The lowest BCUT2D eigenvalue weighted by Crippen LogP contribution is -2.10. The van der Waals surface area contributed by atoms with Gasteiger partial charge in [0, 0.05) is 10.5 Å². The molecule has 0 amide bonds. The van der Waals surface area contributed by atoms with E-state index in [1.165, 1.54) is 0 Å². The Morgan fingerprint density at radius 3 is 1.81 bits per heavy atom. The Bertz CT molecular complexity index is 439. The molecule has 0 spiro atoms. The topological polar surface area (TPSA) is 63.4 Å². The smallest absolute Gasteiger partial charge is 0.229 e. The van der Waals surface area contributed by atoms with Crippen LogP contribution in [-0.4, -0.2) is 10.0 Å². The number of aliphatic hydroxyl groups is 1. The molecule has 88 valence electrons. The molecule has 0 radical (unpaired) electrons. The van der Waals surface area contributed by atoms with Gasteiger partial charge in [0.15, 0.2) is 0 Å². The summed E-state index contributed by atoms with van der Waals surface area (Å²) in [4.78, 5) is 10.3. The molecule has 0 aliphatic heterocycles. The van der Waals surface area contributed by atoms with Gasteiger partial charge in [-0.25, -0.2) is 0 Å². The number of hydrogen-bond donors (Lipinski definition) is 1. The van der Waals surface area contributed by atoms with E-state index in [1.54, 1.807) is 0 Å². The molecule has 1 aromatic rings. The Hall–Kier alpha value is -1.42. The van der Waals surface area contributed by atoms with Crippen molar-refractivity contribution in [3.8, 4) is 0 Å². The van der Waals surface area contributed by atoms with Gasteiger partial charge in [-0.3, -0.25) is 10.1 Å². The molecule has 0 aliphatic carbocycles. The molecule has 0 saturated carbocycles. The van der Waals surface area contributed by atoms with Crippen LogP contribution >= 0.6 is 0 Å². The zero-order chi connectivity index (χ0) is 12.5. The van der Waals surface area contributed by atoms with Gasteiger partial charge in [-0.05, 0) is 55.5 Å². The van der Waals surface area contributed by atoms with Gasteiger partial charge in [-0.15, -0.1) is 0 Å². The molecule has 0 saturated heterocycles. The van der Waals surface area contributed by atoms with Crippen LogP contribution in [0.4, 0.5) is 0 Å². The van der Waals surface area contributed by atoms with Crippen LogP contribution in [-0.2, 0) is 13.2 Å². The van der Waals surface area contributed by atoms with E-state index in [-0.39, 0.29) is 18.1 Å². The minimum Gasteiger partial charge on any atom is -0.392 e. The van der Waals surface area contributed by atoms with E-state index in [2.05, 4.69) is 0 Å².